The molecule has 4 nitrogen and oxygen atoms in total. The Morgan fingerprint density at radius 2 is 1.77 bits per heavy atom. The minimum atomic E-state index is -0.144. The Morgan fingerprint density at radius 1 is 1.04 bits per heavy atom. The zero-order valence-corrected chi connectivity index (χ0v) is 16.1. The molecule has 3 aromatic rings. The lowest BCUT2D eigenvalue weighted by Gasteiger charge is -2.13. The van der Waals surface area contributed by atoms with Gasteiger partial charge in [-0.25, -0.2) is 0 Å². The number of anilines is 1. The number of ether oxygens (including phenoxy) is 1. The quantitative estimate of drug-likeness (QED) is 0.601. The summed E-state index contributed by atoms with van der Waals surface area (Å²) in [5, 5.41) is 4.89. The van der Waals surface area contributed by atoms with Gasteiger partial charge in [-0.15, -0.1) is 0 Å². The largest absolute Gasteiger partial charge is 0.496 e. The van der Waals surface area contributed by atoms with Gasteiger partial charge in [0.25, 0.3) is 0 Å². The molecule has 0 atom stereocenters. The lowest BCUT2D eigenvalue weighted by molar-refractivity contribution is -0.115. The first kappa shape index (κ1) is 18.1. The highest BCUT2D eigenvalue weighted by Crippen LogP contribution is 2.30. The van der Waals surface area contributed by atoms with Gasteiger partial charge in [-0.2, -0.15) is 0 Å². The Morgan fingerprint density at radius 3 is 2.42 bits per heavy atom. The van der Waals surface area contributed by atoms with Crippen LogP contribution in [0.15, 0.2) is 59.1 Å². The van der Waals surface area contributed by atoms with E-state index in [0.717, 1.165) is 20.8 Å². The average molecular weight is 412 g/mol. The van der Waals surface area contributed by atoms with Crippen LogP contribution >= 0.6 is 15.9 Å². The van der Waals surface area contributed by atoms with Gasteiger partial charge >= 0.3 is 0 Å². The third-order valence-corrected chi connectivity index (χ3v) is 4.68. The number of hydrogen-bond donors (Lipinski definition) is 1. The summed E-state index contributed by atoms with van der Waals surface area (Å²) in [6.45, 7) is 1.51. The SMILES string of the molecule is COc1ccc2cc(Br)ccc2c1CC(=O)Nc1ccc(C(C)=O)cc1. The predicted molar refractivity (Wildman–Crippen MR) is 107 cm³/mol. The van der Waals surface area contributed by atoms with Crippen LogP contribution in [0.25, 0.3) is 10.8 Å². The van der Waals surface area contributed by atoms with Gasteiger partial charge in [0.05, 0.1) is 13.5 Å². The molecule has 0 fully saturated rings. The summed E-state index contributed by atoms with van der Waals surface area (Å²) in [4.78, 5) is 23.9. The van der Waals surface area contributed by atoms with Crippen LogP contribution < -0.4 is 10.1 Å². The first-order chi connectivity index (χ1) is 12.5. The summed E-state index contributed by atoms with van der Waals surface area (Å²) in [7, 11) is 1.60. The number of amides is 1. The smallest absolute Gasteiger partial charge is 0.228 e. The number of methoxy groups -OCH3 is 1. The van der Waals surface area contributed by atoms with Crippen LogP contribution in [-0.2, 0) is 11.2 Å². The van der Waals surface area contributed by atoms with Crippen molar-refractivity contribution >= 4 is 44.1 Å². The summed E-state index contributed by atoms with van der Waals surface area (Å²) >= 11 is 3.47. The number of carbonyl (C=O) groups is 2. The van der Waals surface area contributed by atoms with E-state index in [0.29, 0.717) is 17.0 Å². The zero-order valence-electron chi connectivity index (χ0n) is 14.5. The standard InChI is InChI=1S/C21H18BrNO3/c1-13(24)14-3-7-17(8-4-14)23-21(25)12-19-18-9-6-16(22)11-15(18)5-10-20(19)26-2/h3-11H,12H2,1-2H3,(H,23,25). The topological polar surface area (TPSA) is 55.4 Å². The van der Waals surface area contributed by atoms with Gasteiger partial charge in [0, 0.05) is 21.3 Å². The molecule has 132 valence electrons. The van der Waals surface area contributed by atoms with Crippen LogP contribution in [0.2, 0.25) is 0 Å². The van der Waals surface area contributed by atoms with E-state index in [1.54, 1.807) is 31.4 Å². The predicted octanol–water partition coefficient (Wildman–Crippen LogP) is 4.99. The normalized spacial score (nSPS) is 10.6. The Balaban J connectivity index is 1.85. The zero-order chi connectivity index (χ0) is 18.7. The van der Waals surface area contributed by atoms with Crippen LogP contribution in [0.5, 0.6) is 5.75 Å². The second kappa shape index (κ2) is 7.70. The first-order valence-electron chi connectivity index (χ1n) is 8.14. The Kier molecular flexibility index (Phi) is 5.38. The molecule has 0 saturated heterocycles. The van der Waals surface area contributed by atoms with E-state index in [9.17, 15) is 9.59 Å². The fourth-order valence-electron chi connectivity index (χ4n) is 2.87. The molecule has 3 rings (SSSR count). The first-order valence-corrected chi connectivity index (χ1v) is 8.93. The molecule has 0 unspecified atom stereocenters. The number of carbonyl (C=O) groups excluding carboxylic acids is 2. The number of fused-ring (bicyclic) bond motifs is 1. The summed E-state index contributed by atoms with van der Waals surface area (Å²) in [5.74, 6) is 0.533. The molecule has 0 spiro atoms. The highest BCUT2D eigenvalue weighted by molar-refractivity contribution is 9.10. The van der Waals surface area contributed by atoms with Crippen molar-refractivity contribution in [2.75, 3.05) is 12.4 Å². The van der Waals surface area contributed by atoms with Gasteiger partial charge in [-0.3, -0.25) is 9.59 Å². The molecule has 1 amide bonds. The van der Waals surface area contributed by atoms with Crippen LogP contribution in [0.4, 0.5) is 5.69 Å². The molecule has 0 heterocycles. The molecule has 0 radical (unpaired) electrons. The summed E-state index contributed by atoms with van der Waals surface area (Å²) < 4.78 is 6.43. The Labute approximate surface area is 160 Å². The molecule has 5 heteroatoms. The number of nitrogens with one attached hydrogen (secondary N) is 1. The summed E-state index contributed by atoms with van der Waals surface area (Å²) in [6.07, 6.45) is 0.191. The van der Waals surface area contributed by atoms with Crippen LogP contribution in [0.3, 0.4) is 0 Å². The van der Waals surface area contributed by atoms with Crippen molar-refractivity contribution in [3.8, 4) is 5.75 Å². The number of halogens is 1. The van der Waals surface area contributed by atoms with E-state index in [1.165, 1.54) is 6.92 Å². The summed E-state index contributed by atoms with van der Waals surface area (Å²) in [5.41, 5.74) is 2.11. The molecule has 0 aromatic heterocycles. The third kappa shape index (κ3) is 3.94. The van der Waals surface area contributed by atoms with E-state index >= 15 is 0 Å². The maximum absolute atomic E-state index is 12.5. The fourth-order valence-corrected chi connectivity index (χ4v) is 3.25. The van der Waals surface area contributed by atoms with Crippen LogP contribution in [0.1, 0.15) is 22.8 Å². The average Bonchev–Trinajstić information content (AvgIpc) is 2.62. The minimum Gasteiger partial charge on any atom is -0.496 e. The van der Waals surface area contributed by atoms with E-state index in [2.05, 4.69) is 21.2 Å². The van der Waals surface area contributed by atoms with Crippen molar-refractivity contribution in [1.82, 2.24) is 0 Å². The Bertz CT molecular complexity index is 980. The van der Waals surface area contributed by atoms with E-state index < -0.39 is 0 Å². The second-order valence-electron chi connectivity index (χ2n) is 5.97. The van der Waals surface area contributed by atoms with Gasteiger partial charge in [-0.1, -0.05) is 28.1 Å². The van der Waals surface area contributed by atoms with Crippen molar-refractivity contribution in [3.05, 3.63) is 70.2 Å². The molecule has 0 aliphatic rings. The number of ketones is 1. The number of hydrogen-bond acceptors (Lipinski definition) is 3. The monoisotopic (exact) mass is 411 g/mol. The highest BCUT2D eigenvalue weighted by Gasteiger charge is 2.13. The minimum absolute atomic E-state index is 0.00507. The molecule has 0 bridgehead atoms. The van der Waals surface area contributed by atoms with Crippen molar-refractivity contribution in [1.29, 1.82) is 0 Å². The highest BCUT2D eigenvalue weighted by atomic mass is 79.9. The van der Waals surface area contributed by atoms with Gasteiger partial charge in [0.1, 0.15) is 5.75 Å². The van der Waals surface area contributed by atoms with Crippen molar-refractivity contribution in [3.63, 3.8) is 0 Å². The van der Waals surface area contributed by atoms with Gasteiger partial charge < -0.3 is 10.1 Å². The van der Waals surface area contributed by atoms with Crippen molar-refractivity contribution in [2.24, 2.45) is 0 Å². The molecule has 3 aromatic carbocycles. The number of Topliss-reactive ketones (excluding diaryl/α,β-unsaturated/α-hetero) is 1. The van der Waals surface area contributed by atoms with Crippen molar-refractivity contribution in [2.45, 2.75) is 13.3 Å². The molecule has 0 saturated carbocycles. The van der Waals surface area contributed by atoms with Gasteiger partial charge in [0.2, 0.25) is 5.91 Å². The van der Waals surface area contributed by atoms with Gasteiger partial charge in [0.15, 0.2) is 5.78 Å². The fraction of sp³-hybridized carbons (Fsp3) is 0.143. The molecule has 0 aliphatic carbocycles. The van der Waals surface area contributed by atoms with E-state index in [1.807, 2.05) is 30.3 Å². The Hall–Kier alpha value is -2.66. The molecule has 26 heavy (non-hydrogen) atoms. The third-order valence-electron chi connectivity index (χ3n) is 4.18. The van der Waals surface area contributed by atoms with E-state index in [-0.39, 0.29) is 18.1 Å². The summed E-state index contributed by atoms with van der Waals surface area (Å²) in [6, 6.07) is 16.6. The molecule has 1 N–H and O–H groups in total. The number of benzene rings is 3. The van der Waals surface area contributed by atoms with Gasteiger partial charge in [-0.05, 0) is 60.2 Å². The second-order valence-corrected chi connectivity index (χ2v) is 6.89. The molecular weight excluding hydrogens is 394 g/mol. The number of rotatable bonds is 5. The molecular formula is C21H18BrNO3. The van der Waals surface area contributed by atoms with E-state index in [4.69, 9.17) is 4.74 Å². The van der Waals surface area contributed by atoms with Crippen molar-refractivity contribution < 1.29 is 14.3 Å². The maximum atomic E-state index is 12.5. The van der Waals surface area contributed by atoms with Crippen LogP contribution in [0, 0.1) is 0 Å². The lowest BCUT2D eigenvalue weighted by Crippen LogP contribution is -2.15. The lowest BCUT2D eigenvalue weighted by atomic mass is 10.0. The molecule has 0 aliphatic heterocycles. The van der Waals surface area contributed by atoms with Crippen LogP contribution in [-0.4, -0.2) is 18.8 Å². The maximum Gasteiger partial charge on any atom is 0.228 e.